The zero-order valence-electron chi connectivity index (χ0n) is 9.66. The SMILES string of the molecule is CC(C)(C)S(=O)(=O)N1C[C@@H]2CCN[C@@H]2C1. The van der Waals surface area contributed by atoms with Crippen LogP contribution in [0.3, 0.4) is 0 Å². The molecule has 2 atom stereocenters. The zero-order chi connectivity index (χ0) is 11.3. The monoisotopic (exact) mass is 232 g/mol. The third-order valence-corrected chi connectivity index (χ3v) is 5.97. The molecule has 1 N–H and O–H groups in total. The fourth-order valence-electron chi connectivity index (χ4n) is 2.39. The average molecular weight is 232 g/mol. The highest BCUT2D eigenvalue weighted by Gasteiger charge is 2.44. The third kappa shape index (κ3) is 1.81. The van der Waals surface area contributed by atoms with E-state index >= 15 is 0 Å². The van der Waals surface area contributed by atoms with E-state index in [1.807, 2.05) is 0 Å². The molecular weight excluding hydrogens is 212 g/mol. The first-order valence-electron chi connectivity index (χ1n) is 5.55. The molecule has 2 aliphatic rings. The Hall–Kier alpha value is -0.130. The van der Waals surface area contributed by atoms with Crippen LogP contribution in [0.4, 0.5) is 0 Å². The van der Waals surface area contributed by atoms with Crippen LogP contribution in [0.25, 0.3) is 0 Å². The predicted octanol–water partition coefficient (Wildman–Crippen LogP) is 0.408. The van der Waals surface area contributed by atoms with Crippen molar-refractivity contribution in [1.82, 2.24) is 9.62 Å². The highest BCUT2D eigenvalue weighted by atomic mass is 32.2. The lowest BCUT2D eigenvalue weighted by atomic mass is 10.1. The molecule has 0 saturated carbocycles. The van der Waals surface area contributed by atoms with Crippen molar-refractivity contribution >= 4 is 10.0 Å². The number of hydrogen-bond donors (Lipinski definition) is 1. The molecule has 88 valence electrons. The van der Waals surface area contributed by atoms with Crippen molar-refractivity contribution in [2.45, 2.75) is 38.0 Å². The Bertz CT molecular complexity index is 333. The van der Waals surface area contributed by atoms with E-state index < -0.39 is 14.8 Å². The number of nitrogens with one attached hydrogen (secondary N) is 1. The summed E-state index contributed by atoms with van der Waals surface area (Å²) in [5.74, 6) is 0.530. The average Bonchev–Trinajstić information content (AvgIpc) is 2.57. The van der Waals surface area contributed by atoms with Crippen molar-refractivity contribution < 1.29 is 8.42 Å². The number of sulfonamides is 1. The van der Waals surface area contributed by atoms with Gasteiger partial charge in [-0.3, -0.25) is 0 Å². The van der Waals surface area contributed by atoms with Crippen LogP contribution < -0.4 is 5.32 Å². The molecule has 0 aromatic carbocycles. The lowest BCUT2D eigenvalue weighted by Gasteiger charge is -2.27. The Kier molecular flexibility index (Phi) is 2.60. The van der Waals surface area contributed by atoms with Crippen LogP contribution >= 0.6 is 0 Å². The Morgan fingerprint density at radius 2 is 1.93 bits per heavy atom. The van der Waals surface area contributed by atoms with Gasteiger partial charge in [0, 0.05) is 19.1 Å². The fourth-order valence-corrected chi connectivity index (χ4v) is 3.91. The molecule has 0 spiro atoms. The summed E-state index contributed by atoms with van der Waals surface area (Å²) < 4.78 is 25.4. The quantitative estimate of drug-likeness (QED) is 0.712. The van der Waals surface area contributed by atoms with Gasteiger partial charge in [-0.2, -0.15) is 4.31 Å². The molecule has 0 aromatic heterocycles. The molecule has 0 amide bonds. The molecular formula is C10H20N2O2S. The minimum absolute atomic E-state index is 0.391. The maximum absolute atomic E-state index is 12.2. The molecule has 2 heterocycles. The zero-order valence-corrected chi connectivity index (χ0v) is 10.5. The molecule has 4 nitrogen and oxygen atoms in total. The van der Waals surface area contributed by atoms with Gasteiger partial charge in [-0.25, -0.2) is 8.42 Å². The van der Waals surface area contributed by atoms with E-state index in [0.29, 0.717) is 25.0 Å². The first-order chi connectivity index (χ1) is 6.82. The van der Waals surface area contributed by atoms with Crippen molar-refractivity contribution in [1.29, 1.82) is 0 Å². The van der Waals surface area contributed by atoms with Crippen LogP contribution in [-0.2, 0) is 10.0 Å². The molecule has 15 heavy (non-hydrogen) atoms. The molecule has 0 bridgehead atoms. The molecule has 0 unspecified atom stereocenters. The second kappa shape index (κ2) is 3.43. The van der Waals surface area contributed by atoms with Gasteiger partial charge in [0.05, 0.1) is 4.75 Å². The van der Waals surface area contributed by atoms with Gasteiger partial charge in [-0.05, 0) is 39.7 Å². The largest absolute Gasteiger partial charge is 0.312 e. The summed E-state index contributed by atoms with van der Waals surface area (Å²) in [4.78, 5) is 0. The maximum Gasteiger partial charge on any atom is 0.219 e. The van der Waals surface area contributed by atoms with Gasteiger partial charge in [0.25, 0.3) is 0 Å². The Balaban J connectivity index is 2.15. The Labute approximate surface area is 92.1 Å². The standard InChI is InChI=1S/C10H20N2O2S/c1-10(2,3)15(13,14)12-6-8-4-5-11-9(8)7-12/h8-9,11H,4-7H2,1-3H3/t8-,9+/m0/s1. The first-order valence-corrected chi connectivity index (χ1v) is 6.99. The van der Waals surface area contributed by atoms with Crippen LogP contribution in [0.1, 0.15) is 27.2 Å². The Morgan fingerprint density at radius 3 is 2.47 bits per heavy atom. The van der Waals surface area contributed by atoms with Crippen molar-refractivity contribution in [2.75, 3.05) is 19.6 Å². The molecule has 2 saturated heterocycles. The summed E-state index contributed by atoms with van der Waals surface area (Å²) in [5, 5.41) is 3.37. The van der Waals surface area contributed by atoms with Crippen molar-refractivity contribution in [2.24, 2.45) is 5.92 Å². The molecule has 0 aliphatic carbocycles. The smallest absolute Gasteiger partial charge is 0.219 e. The molecule has 0 aromatic rings. The summed E-state index contributed by atoms with van der Waals surface area (Å²) in [6, 6.07) is 0.391. The number of nitrogens with zero attached hydrogens (tertiary/aromatic N) is 1. The first kappa shape index (κ1) is 11.4. The molecule has 2 aliphatic heterocycles. The summed E-state index contributed by atoms with van der Waals surface area (Å²) in [6.07, 6.45) is 1.11. The van der Waals surface area contributed by atoms with Crippen LogP contribution in [-0.4, -0.2) is 43.1 Å². The van der Waals surface area contributed by atoms with Gasteiger partial charge in [-0.1, -0.05) is 0 Å². The van der Waals surface area contributed by atoms with Gasteiger partial charge in [-0.15, -0.1) is 0 Å². The fraction of sp³-hybridized carbons (Fsp3) is 1.00. The van der Waals surface area contributed by atoms with Gasteiger partial charge in [0.1, 0.15) is 0 Å². The van der Waals surface area contributed by atoms with E-state index in [-0.39, 0.29) is 0 Å². The minimum atomic E-state index is -3.12. The topological polar surface area (TPSA) is 49.4 Å². The second-order valence-electron chi connectivity index (χ2n) is 5.54. The van der Waals surface area contributed by atoms with E-state index in [1.54, 1.807) is 25.1 Å². The number of fused-ring (bicyclic) bond motifs is 1. The second-order valence-corrected chi connectivity index (χ2v) is 8.24. The van der Waals surface area contributed by atoms with Gasteiger partial charge < -0.3 is 5.32 Å². The number of hydrogen-bond acceptors (Lipinski definition) is 3. The van der Waals surface area contributed by atoms with E-state index in [2.05, 4.69) is 5.32 Å². The van der Waals surface area contributed by atoms with E-state index in [4.69, 9.17) is 0 Å². The Morgan fingerprint density at radius 1 is 1.27 bits per heavy atom. The normalized spacial score (nSPS) is 33.3. The van der Waals surface area contributed by atoms with Crippen LogP contribution in [0.5, 0.6) is 0 Å². The lowest BCUT2D eigenvalue weighted by molar-refractivity contribution is 0.427. The van der Waals surface area contributed by atoms with Crippen molar-refractivity contribution in [3.05, 3.63) is 0 Å². The van der Waals surface area contributed by atoms with Crippen LogP contribution in [0.2, 0.25) is 0 Å². The summed E-state index contributed by atoms with van der Waals surface area (Å²) in [7, 11) is -3.12. The molecule has 5 heteroatoms. The highest BCUT2D eigenvalue weighted by Crippen LogP contribution is 2.30. The van der Waals surface area contributed by atoms with E-state index in [9.17, 15) is 8.42 Å². The lowest BCUT2D eigenvalue weighted by Crippen LogP contribution is -2.43. The van der Waals surface area contributed by atoms with E-state index in [0.717, 1.165) is 13.0 Å². The minimum Gasteiger partial charge on any atom is -0.312 e. The maximum atomic E-state index is 12.2. The summed E-state index contributed by atoms with van der Waals surface area (Å²) in [5.41, 5.74) is 0. The van der Waals surface area contributed by atoms with Gasteiger partial charge in [0.2, 0.25) is 10.0 Å². The molecule has 2 fully saturated rings. The summed E-state index contributed by atoms with van der Waals surface area (Å²) >= 11 is 0. The third-order valence-electron chi connectivity index (χ3n) is 3.44. The van der Waals surface area contributed by atoms with Crippen LogP contribution in [0, 0.1) is 5.92 Å². The molecule has 0 radical (unpaired) electrons. The predicted molar refractivity (Wildman–Crippen MR) is 60.1 cm³/mol. The number of rotatable bonds is 1. The van der Waals surface area contributed by atoms with E-state index in [1.165, 1.54) is 0 Å². The van der Waals surface area contributed by atoms with Gasteiger partial charge >= 0.3 is 0 Å². The van der Waals surface area contributed by atoms with Gasteiger partial charge in [0.15, 0.2) is 0 Å². The highest BCUT2D eigenvalue weighted by molar-refractivity contribution is 7.90. The van der Waals surface area contributed by atoms with Crippen molar-refractivity contribution in [3.63, 3.8) is 0 Å². The summed E-state index contributed by atoms with van der Waals surface area (Å²) in [6.45, 7) is 7.71. The van der Waals surface area contributed by atoms with Crippen LogP contribution in [0.15, 0.2) is 0 Å². The van der Waals surface area contributed by atoms with Crippen molar-refractivity contribution in [3.8, 4) is 0 Å². The molecule has 2 rings (SSSR count).